The van der Waals surface area contributed by atoms with Crippen LogP contribution in [0.1, 0.15) is 6.42 Å². The Kier molecular flexibility index (Phi) is 2.70. The molecule has 0 radical (unpaired) electrons. The number of hydrogen-bond acceptors (Lipinski definition) is 2. The monoisotopic (exact) mass is 158 g/mol. The average molecular weight is 158 g/mol. The quantitative estimate of drug-likeness (QED) is 0.614. The number of likely N-dealkylation sites (N-methyl/N-ethyl adjacent to an activating group) is 1. The number of aliphatic hydroxyl groups is 1. The molecule has 1 fully saturated rings. The van der Waals surface area contributed by atoms with Crippen molar-refractivity contribution in [2.24, 2.45) is 0 Å². The number of carbonyl (C=O) groups excluding carboxylic acids is 1. The van der Waals surface area contributed by atoms with Crippen LogP contribution < -0.4 is 0 Å². The third kappa shape index (κ3) is 1.83. The molecule has 0 aliphatic carbocycles. The summed E-state index contributed by atoms with van der Waals surface area (Å²) in [5, 5.41) is 8.53. The highest BCUT2D eigenvalue weighted by Crippen LogP contribution is 2.05. The molecule has 2 amide bonds. The maximum absolute atomic E-state index is 11.2. The number of amides is 2. The van der Waals surface area contributed by atoms with E-state index >= 15 is 0 Å². The normalized spacial score (nSPS) is 18.2. The van der Waals surface area contributed by atoms with Crippen LogP contribution in [0.2, 0.25) is 0 Å². The van der Waals surface area contributed by atoms with E-state index in [1.165, 1.54) is 0 Å². The Morgan fingerprint density at radius 2 is 2.27 bits per heavy atom. The van der Waals surface area contributed by atoms with Gasteiger partial charge in [-0.05, 0) is 6.42 Å². The van der Waals surface area contributed by atoms with Crippen LogP contribution >= 0.6 is 0 Å². The number of hydrogen-bond donors (Lipinski definition) is 1. The Bertz CT molecular complexity index is 149. The molecule has 0 unspecified atom stereocenters. The van der Waals surface area contributed by atoms with Crippen molar-refractivity contribution < 1.29 is 9.90 Å². The van der Waals surface area contributed by atoms with Crippen LogP contribution in [0.4, 0.5) is 4.79 Å². The first kappa shape index (κ1) is 8.33. The maximum atomic E-state index is 11.2. The van der Waals surface area contributed by atoms with E-state index < -0.39 is 0 Å². The van der Waals surface area contributed by atoms with Crippen molar-refractivity contribution in [3.8, 4) is 0 Å². The number of rotatable bonds is 3. The summed E-state index contributed by atoms with van der Waals surface area (Å²) in [6.07, 6.45) is 0.680. The molecule has 1 aliphatic heterocycles. The fourth-order valence-corrected chi connectivity index (χ4v) is 1.17. The third-order valence-corrected chi connectivity index (χ3v) is 1.89. The van der Waals surface area contributed by atoms with Crippen LogP contribution in [0.3, 0.4) is 0 Å². The van der Waals surface area contributed by atoms with Gasteiger partial charge in [0, 0.05) is 33.3 Å². The summed E-state index contributed by atoms with van der Waals surface area (Å²) < 4.78 is 0. The Morgan fingerprint density at radius 1 is 1.55 bits per heavy atom. The van der Waals surface area contributed by atoms with Crippen LogP contribution in [0.5, 0.6) is 0 Å². The molecule has 0 spiro atoms. The second-order valence-corrected chi connectivity index (χ2v) is 2.77. The van der Waals surface area contributed by atoms with E-state index in [4.69, 9.17) is 5.11 Å². The molecule has 0 aromatic carbocycles. The zero-order valence-corrected chi connectivity index (χ0v) is 6.79. The van der Waals surface area contributed by atoms with E-state index in [1.807, 2.05) is 0 Å². The summed E-state index contributed by atoms with van der Waals surface area (Å²) >= 11 is 0. The van der Waals surface area contributed by atoms with E-state index in [0.717, 1.165) is 13.1 Å². The van der Waals surface area contributed by atoms with Crippen molar-refractivity contribution in [3.63, 3.8) is 0 Å². The minimum atomic E-state index is 0.0819. The second kappa shape index (κ2) is 3.57. The predicted octanol–water partition coefficient (Wildman–Crippen LogP) is -0.264. The fourth-order valence-electron chi connectivity index (χ4n) is 1.17. The lowest BCUT2D eigenvalue weighted by molar-refractivity contribution is 0.193. The largest absolute Gasteiger partial charge is 0.396 e. The van der Waals surface area contributed by atoms with Gasteiger partial charge in [-0.25, -0.2) is 4.79 Å². The molecule has 1 saturated heterocycles. The van der Waals surface area contributed by atoms with Crippen molar-refractivity contribution in [3.05, 3.63) is 0 Å². The smallest absolute Gasteiger partial charge is 0.319 e. The maximum Gasteiger partial charge on any atom is 0.319 e. The molecule has 1 heterocycles. The van der Waals surface area contributed by atoms with Gasteiger partial charge >= 0.3 is 6.03 Å². The number of carbonyl (C=O) groups is 1. The lowest BCUT2D eigenvalue weighted by atomic mass is 10.4. The first-order valence-corrected chi connectivity index (χ1v) is 3.86. The van der Waals surface area contributed by atoms with E-state index in [-0.39, 0.29) is 12.6 Å². The van der Waals surface area contributed by atoms with Crippen molar-refractivity contribution in [2.75, 3.05) is 33.3 Å². The van der Waals surface area contributed by atoms with Gasteiger partial charge in [0.05, 0.1) is 0 Å². The molecule has 1 aliphatic rings. The summed E-state index contributed by atoms with van der Waals surface area (Å²) in [6.45, 7) is 2.45. The SMILES string of the molecule is CN1CCN(CCCO)C1=O. The summed E-state index contributed by atoms with van der Waals surface area (Å²) in [7, 11) is 1.79. The molecule has 64 valence electrons. The highest BCUT2D eigenvalue weighted by molar-refractivity contribution is 5.76. The molecule has 0 atom stereocenters. The zero-order valence-electron chi connectivity index (χ0n) is 6.79. The van der Waals surface area contributed by atoms with Crippen molar-refractivity contribution in [1.82, 2.24) is 9.80 Å². The number of nitrogens with zero attached hydrogens (tertiary/aromatic N) is 2. The Labute approximate surface area is 66.4 Å². The van der Waals surface area contributed by atoms with Gasteiger partial charge in [-0.15, -0.1) is 0 Å². The Balaban J connectivity index is 2.30. The molecule has 1 rings (SSSR count). The van der Waals surface area contributed by atoms with E-state index in [2.05, 4.69) is 0 Å². The Morgan fingerprint density at radius 3 is 2.73 bits per heavy atom. The van der Waals surface area contributed by atoms with Gasteiger partial charge in [0.1, 0.15) is 0 Å². The molecule has 4 heteroatoms. The molecule has 11 heavy (non-hydrogen) atoms. The van der Waals surface area contributed by atoms with Gasteiger partial charge < -0.3 is 14.9 Å². The topological polar surface area (TPSA) is 43.8 Å². The molecule has 0 aromatic rings. The highest BCUT2D eigenvalue weighted by atomic mass is 16.3. The zero-order chi connectivity index (χ0) is 8.27. The minimum Gasteiger partial charge on any atom is -0.396 e. The molecule has 0 saturated carbocycles. The first-order valence-electron chi connectivity index (χ1n) is 3.86. The van der Waals surface area contributed by atoms with Gasteiger partial charge in [-0.3, -0.25) is 0 Å². The third-order valence-electron chi connectivity index (χ3n) is 1.89. The van der Waals surface area contributed by atoms with Crippen molar-refractivity contribution in [2.45, 2.75) is 6.42 Å². The molecule has 0 aromatic heterocycles. The standard InChI is InChI=1S/C7H14N2O2/c1-8-4-5-9(7(8)11)3-2-6-10/h10H,2-6H2,1H3. The van der Waals surface area contributed by atoms with E-state index in [9.17, 15) is 4.79 Å². The van der Waals surface area contributed by atoms with Crippen LogP contribution in [0, 0.1) is 0 Å². The Hall–Kier alpha value is -0.770. The molecular formula is C7H14N2O2. The van der Waals surface area contributed by atoms with Crippen LogP contribution in [0.25, 0.3) is 0 Å². The minimum absolute atomic E-state index is 0.0819. The molecule has 0 bridgehead atoms. The van der Waals surface area contributed by atoms with Gasteiger partial charge in [0.15, 0.2) is 0 Å². The summed E-state index contributed by atoms with van der Waals surface area (Å²) in [4.78, 5) is 14.6. The van der Waals surface area contributed by atoms with Crippen LogP contribution in [0.15, 0.2) is 0 Å². The fraction of sp³-hybridized carbons (Fsp3) is 0.857. The van der Waals surface area contributed by atoms with Crippen LogP contribution in [-0.4, -0.2) is 54.2 Å². The second-order valence-electron chi connectivity index (χ2n) is 2.77. The predicted molar refractivity (Wildman–Crippen MR) is 41.3 cm³/mol. The highest BCUT2D eigenvalue weighted by Gasteiger charge is 2.23. The lowest BCUT2D eigenvalue weighted by Crippen LogP contribution is -2.30. The summed E-state index contributed by atoms with van der Waals surface area (Å²) in [5.41, 5.74) is 0. The summed E-state index contributed by atoms with van der Waals surface area (Å²) in [6, 6.07) is 0.0819. The number of aliphatic hydroxyl groups excluding tert-OH is 1. The summed E-state index contributed by atoms with van der Waals surface area (Å²) in [5.74, 6) is 0. The van der Waals surface area contributed by atoms with Gasteiger partial charge in [-0.2, -0.15) is 0 Å². The van der Waals surface area contributed by atoms with Crippen LogP contribution in [-0.2, 0) is 0 Å². The van der Waals surface area contributed by atoms with E-state index in [0.29, 0.717) is 13.0 Å². The first-order chi connectivity index (χ1) is 5.25. The van der Waals surface area contributed by atoms with Crippen molar-refractivity contribution in [1.29, 1.82) is 0 Å². The van der Waals surface area contributed by atoms with Gasteiger partial charge in [0.25, 0.3) is 0 Å². The number of urea groups is 1. The van der Waals surface area contributed by atoms with E-state index in [1.54, 1.807) is 16.8 Å². The van der Waals surface area contributed by atoms with Gasteiger partial charge in [0.2, 0.25) is 0 Å². The average Bonchev–Trinajstić information content (AvgIpc) is 2.31. The molecule has 4 nitrogen and oxygen atoms in total. The lowest BCUT2D eigenvalue weighted by Gasteiger charge is -2.14. The van der Waals surface area contributed by atoms with Crippen molar-refractivity contribution >= 4 is 6.03 Å². The molecular weight excluding hydrogens is 144 g/mol. The van der Waals surface area contributed by atoms with Gasteiger partial charge in [-0.1, -0.05) is 0 Å². The molecule has 1 N–H and O–H groups in total.